The SMILES string of the molecule is CC1(C)OCC2(CCc3ccc(Br)cc3C2)N1Cc1ccccc1. The van der Waals surface area contributed by atoms with Crippen LogP contribution in [0.25, 0.3) is 0 Å². The maximum Gasteiger partial charge on any atom is 0.116 e. The summed E-state index contributed by atoms with van der Waals surface area (Å²) in [5, 5.41) is 0. The Kier molecular flexibility index (Phi) is 4.06. The quantitative estimate of drug-likeness (QED) is 0.725. The van der Waals surface area contributed by atoms with Crippen LogP contribution in [0.4, 0.5) is 0 Å². The number of hydrogen-bond donors (Lipinski definition) is 0. The standard InChI is InChI=1S/C21H24BrNO/c1-20(2)23(14-16-6-4-3-5-7-16)21(15-24-20)11-10-17-8-9-19(22)12-18(17)13-21/h3-9,12H,10-11,13-15H2,1-2H3. The van der Waals surface area contributed by atoms with Gasteiger partial charge in [-0.05, 0) is 61.9 Å². The normalized spacial score (nSPS) is 25.8. The summed E-state index contributed by atoms with van der Waals surface area (Å²) >= 11 is 3.63. The van der Waals surface area contributed by atoms with Crippen LogP contribution >= 0.6 is 15.9 Å². The summed E-state index contributed by atoms with van der Waals surface area (Å²) in [6, 6.07) is 17.5. The van der Waals surface area contributed by atoms with Crippen molar-refractivity contribution in [3.63, 3.8) is 0 Å². The Labute approximate surface area is 153 Å². The summed E-state index contributed by atoms with van der Waals surface area (Å²) in [5.41, 5.74) is 4.20. The van der Waals surface area contributed by atoms with Crippen LogP contribution in [-0.2, 0) is 24.1 Å². The van der Waals surface area contributed by atoms with Crippen LogP contribution in [0.3, 0.4) is 0 Å². The van der Waals surface area contributed by atoms with Gasteiger partial charge in [-0.15, -0.1) is 0 Å². The van der Waals surface area contributed by atoms with Crippen molar-refractivity contribution < 1.29 is 4.74 Å². The Morgan fingerprint density at radius 2 is 1.88 bits per heavy atom. The Bertz CT molecular complexity index is 743. The van der Waals surface area contributed by atoms with Crippen molar-refractivity contribution in [2.75, 3.05) is 6.61 Å². The van der Waals surface area contributed by atoms with Crippen LogP contribution < -0.4 is 0 Å². The topological polar surface area (TPSA) is 12.5 Å². The third-order valence-corrected chi connectivity index (χ3v) is 6.14. The van der Waals surface area contributed by atoms with Gasteiger partial charge in [-0.1, -0.05) is 52.3 Å². The molecule has 1 aliphatic heterocycles. The molecule has 2 nitrogen and oxygen atoms in total. The van der Waals surface area contributed by atoms with E-state index in [-0.39, 0.29) is 11.3 Å². The van der Waals surface area contributed by atoms with Crippen molar-refractivity contribution in [2.24, 2.45) is 0 Å². The number of aryl methyl sites for hydroxylation is 1. The van der Waals surface area contributed by atoms with Gasteiger partial charge in [-0.2, -0.15) is 0 Å². The summed E-state index contributed by atoms with van der Waals surface area (Å²) in [6.07, 6.45) is 3.36. The van der Waals surface area contributed by atoms with Crippen LogP contribution in [0.5, 0.6) is 0 Å². The Morgan fingerprint density at radius 3 is 2.67 bits per heavy atom. The van der Waals surface area contributed by atoms with E-state index in [0.717, 1.165) is 32.4 Å². The fourth-order valence-corrected chi connectivity index (χ4v) is 4.74. The average molecular weight is 386 g/mol. The van der Waals surface area contributed by atoms with E-state index in [1.165, 1.54) is 21.2 Å². The molecule has 2 aromatic carbocycles. The van der Waals surface area contributed by atoms with Gasteiger partial charge in [0.05, 0.1) is 12.1 Å². The van der Waals surface area contributed by atoms with Gasteiger partial charge in [0.25, 0.3) is 0 Å². The van der Waals surface area contributed by atoms with E-state index < -0.39 is 0 Å². The van der Waals surface area contributed by atoms with E-state index in [9.17, 15) is 0 Å². The smallest absolute Gasteiger partial charge is 0.116 e. The van der Waals surface area contributed by atoms with Crippen LogP contribution in [0.2, 0.25) is 0 Å². The van der Waals surface area contributed by atoms with Crippen molar-refractivity contribution >= 4 is 15.9 Å². The molecule has 1 unspecified atom stereocenters. The molecule has 1 fully saturated rings. The highest BCUT2D eigenvalue weighted by atomic mass is 79.9. The summed E-state index contributed by atoms with van der Waals surface area (Å²) in [7, 11) is 0. The number of fused-ring (bicyclic) bond motifs is 1. The first kappa shape index (κ1) is 16.3. The third kappa shape index (κ3) is 2.83. The van der Waals surface area contributed by atoms with E-state index in [1.54, 1.807) is 0 Å². The number of hydrogen-bond acceptors (Lipinski definition) is 2. The molecule has 1 heterocycles. The molecule has 1 spiro atoms. The van der Waals surface area contributed by atoms with Gasteiger partial charge >= 0.3 is 0 Å². The predicted octanol–water partition coefficient (Wildman–Crippen LogP) is 4.95. The van der Waals surface area contributed by atoms with E-state index >= 15 is 0 Å². The minimum atomic E-state index is -0.223. The first-order valence-corrected chi connectivity index (χ1v) is 9.51. The molecule has 1 aliphatic carbocycles. The van der Waals surface area contributed by atoms with E-state index in [0.29, 0.717) is 0 Å². The van der Waals surface area contributed by atoms with Gasteiger partial charge in [0, 0.05) is 11.0 Å². The summed E-state index contributed by atoms with van der Waals surface area (Å²) in [5.74, 6) is 0. The van der Waals surface area contributed by atoms with E-state index in [1.807, 2.05) is 0 Å². The lowest BCUT2D eigenvalue weighted by molar-refractivity contribution is -0.0673. The van der Waals surface area contributed by atoms with Gasteiger partial charge in [-0.3, -0.25) is 4.90 Å². The second-order valence-corrected chi connectivity index (χ2v) is 8.54. The highest BCUT2D eigenvalue weighted by molar-refractivity contribution is 9.10. The second kappa shape index (κ2) is 5.98. The van der Waals surface area contributed by atoms with Crippen LogP contribution in [-0.4, -0.2) is 22.8 Å². The zero-order valence-electron chi connectivity index (χ0n) is 14.4. The van der Waals surface area contributed by atoms with E-state index in [4.69, 9.17) is 4.74 Å². The van der Waals surface area contributed by atoms with Crippen LogP contribution in [0.15, 0.2) is 53.0 Å². The largest absolute Gasteiger partial charge is 0.359 e. The Morgan fingerprint density at radius 1 is 1.08 bits per heavy atom. The molecule has 0 bridgehead atoms. The number of rotatable bonds is 2. The number of halogens is 1. The van der Waals surface area contributed by atoms with Gasteiger partial charge in [0.2, 0.25) is 0 Å². The summed E-state index contributed by atoms with van der Waals surface area (Å²) in [4.78, 5) is 2.60. The fraction of sp³-hybridized carbons (Fsp3) is 0.429. The maximum atomic E-state index is 6.28. The first-order valence-electron chi connectivity index (χ1n) is 8.72. The van der Waals surface area contributed by atoms with Gasteiger partial charge in [-0.25, -0.2) is 0 Å². The molecule has 24 heavy (non-hydrogen) atoms. The zero-order valence-corrected chi connectivity index (χ0v) is 16.0. The number of benzene rings is 2. The van der Waals surface area contributed by atoms with Crippen molar-refractivity contribution in [1.82, 2.24) is 4.90 Å². The number of ether oxygens (including phenoxy) is 1. The molecular weight excluding hydrogens is 362 g/mol. The highest BCUT2D eigenvalue weighted by Gasteiger charge is 2.52. The highest BCUT2D eigenvalue weighted by Crippen LogP contribution is 2.44. The minimum absolute atomic E-state index is 0.104. The molecule has 2 aromatic rings. The zero-order chi connectivity index (χ0) is 16.8. The summed E-state index contributed by atoms with van der Waals surface area (Å²) in [6.45, 7) is 6.18. The molecule has 4 rings (SSSR count). The third-order valence-electron chi connectivity index (χ3n) is 5.65. The van der Waals surface area contributed by atoms with Gasteiger partial charge < -0.3 is 4.74 Å². The van der Waals surface area contributed by atoms with Gasteiger partial charge in [0.15, 0.2) is 0 Å². The minimum Gasteiger partial charge on any atom is -0.359 e. The van der Waals surface area contributed by atoms with Crippen molar-refractivity contribution in [1.29, 1.82) is 0 Å². The molecule has 1 saturated heterocycles. The molecule has 2 aliphatic rings. The molecular formula is C21H24BrNO. The molecule has 126 valence electrons. The lowest BCUT2D eigenvalue weighted by atomic mass is 9.77. The summed E-state index contributed by atoms with van der Waals surface area (Å²) < 4.78 is 7.45. The van der Waals surface area contributed by atoms with Crippen molar-refractivity contribution in [3.05, 3.63) is 69.7 Å². The maximum absolute atomic E-state index is 6.28. The fourth-order valence-electron chi connectivity index (χ4n) is 4.33. The molecule has 0 radical (unpaired) electrons. The lowest BCUT2D eigenvalue weighted by Crippen LogP contribution is -2.54. The van der Waals surface area contributed by atoms with Crippen molar-refractivity contribution in [2.45, 2.75) is 50.9 Å². The van der Waals surface area contributed by atoms with Crippen molar-refractivity contribution in [3.8, 4) is 0 Å². The predicted molar refractivity (Wildman–Crippen MR) is 101 cm³/mol. The molecule has 0 amide bonds. The average Bonchev–Trinajstić information content (AvgIpc) is 2.80. The molecule has 3 heteroatoms. The molecule has 0 saturated carbocycles. The molecule has 0 aromatic heterocycles. The van der Waals surface area contributed by atoms with Gasteiger partial charge in [0.1, 0.15) is 5.72 Å². The first-order chi connectivity index (χ1) is 11.5. The van der Waals surface area contributed by atoms with E-state index in [2.05, 4.69) is 83.2 Å². The second-order valence-electron chi connectivity index (χ2n) is 7.62. The monoisotopic (exact) mass is 385 g/mol. The molecule has 0 N–H and O–H groups in total. The van der Waals surface area contributed by atoms with Crippen LogP contribution in [0.1, 0.15) is 37.0 Å². The lowest BCUT2D eigenvalue weighted by Gasteiger charge is -2.45. The van der Waals surface area contributed by atoms with Crippen LogP contribution in [0, 0.1) is 0 Å². The Balaban J connectivity index is 1.68. The number of nitrogens with zero attached hydrogens (tertiary/aromatic N) is 1. The Hall–Kier alpha value is -1.16. The molecule has 1 atom stereocenters.